The molecule has 34 heavy (non-hydrogen) atoms. The van der Waals surface area contributed by atoms with E-state index in [4.69, 9.17) is 28.9 Å². The van der Waals surface area contributed by atoms with Gasteiger partial charge in [-0.2, -0.15) is 5.10 Å². The van der Waals surface area contributed by atoms with Gasteiger partial charge in [0, 0.05) is 28.9 Å². The highest BCUT2D eigenvalue weighted by Crippen LogP contribution is 2.35. The number of carbonyl (C=O) groups excluding carboxylic acids is 1. The lowest BCUT2D eigenvalue weighted by molar-refractivity contribution is -0.122. The van der Waals surface area contributed by atoms with Crippen LogP contribution in [-0.2, 0) is 11.2 Å². The smallest absolute Gasteiger partial charge is 0.266 e. The van der Waals surface area contributed by atoms with Gasteiger partial charge in [0.2, 0.25) is 0 Å². The number of amides is 1. The summed E-state index contributed by atoms with van der Waals surface area (Å²) in [5, 5.41) is 5.48. The first-order valence-electron chi connectivity index (χ1n) is 10.8. The summed E-state index contributed by atoms with van der Waals surface area (Å²) < 4.78 is 2.40. The Morgan fingerprint density at radius 2 is 1.62 bits per heavy atom. The van der Waals surface area contributed by atoms with Gasteiger partial charge in [0.25, 0.3) is 5.91 Å². The van der Waals surface area contributed by atoms with Crippen molar-refractivity contribution in [3.8, 4) is 16.9 Å². The van der Waals surface area contributed by atoms with Crippen molar-refractivity contribution in [2.75, 3.05) is 6.54 Å². The molecule has 4 nitrogen and oxygen atoms in total. The van der Waals surface area contributed by atoms with Gasteiger partial charge in [0.15, 0.2) is 0 Å². The largest absolute Gasteiger partial charge is 0.293 e. The monoisotopic (exact) mass is 501 g/mol. The molecule has 0 N–H and O–H groups in total. The Hall–Kier alpha value is -3.19. The van der Waals surface area contributed by atoms with E-state index in [1.807, 2.05) is 89.8 Å². The Kier molecular flexibility index (Phi) is 6.63. The van der Waals surface area contributed by atoms with Crippen molar-refractivity contribution >= 4 is 51.9 Å². The summed E-state index contributed by atoms with van der Waals surface area (Å²) in [5.41, 5.74) is 4.65. The van der Waals surface area contributed by atoms with Gasteiger partial charge in [-0.15, -0.1) is 0 Å². The maximum absolute atomic E-state index is 13.2. The lowest BCUT2D eigenvalue weighted by Gasteiger charge is -2.14. The number of para-hydroxylation sites is 1. The summed E-state index contributed by atoms with van der Waals surface area (Å²) in [4.78, 5) is 15.5. The van der Waals surface area contributed by atoms with Crippen LogP contribution in [0.4, 0.5) is 0 Å². The van der Waals surface area contributed by atoms with Gasteiger partial charge in [-0.3, -0.25) is 9.69 Å². The van der Waals surface area contributed by atoms with Crippen LogP contribution in [-0.4, -0.2) is 31.5 Å². The molecule has 0 unspecified atom stereocenters. The number of aromatic nitrogens is 2. The molecule has 0 aliphatic carbocycles. The molecular weight excluding hydrogens is 482 g/mol. The number of halogens is 1. The van der Waals surface area contributed by atoms with Crippen LogP contribution < -0.4 is 0 Å². The van der Waals surface area contributed by atoms with Crippen LogP contribution >= 0.6 is 35.6 Å². The van der Waals surface area contributed by atoms with Crippen LogP contribution in [0.15, 0.2) is 96.0 Å². The topological polar surface area (TPSA) is 38.1 Å². The van der Waals surface area contributed by atoms with E-state index in [1.165, 1.54) is 17.3 Å². The van der Waals surface area contributed by atoms with Crippen LogP contribution in [0.1, 0.15) is 11.1 Å². The van der Waals surface area contributed by atoms with Gasteiger partial charge in [0.05, 0.1) is 16.3 Å². The minimum absolute atomic E-state index is 0.0690. The third-order valence-electron chi connectivity index (χ3n) is 5.51. The molecule has 5 rings (SSSR count). The number of hydrogen-bond acceptors (Lipinski definition) is 4. The van der Waals surface area contributed by atoms with Crippen molar-refractivity contribution in [1.29, 1.82) is 0 Å². The third-order valence-corrected chi connectivity index (χ3v) is 7.14. The molecule has 1 aromatic heterocycles. The molecule has 1 amide bonds. The van der Waals surface area contributed by atoms with Crippen molar-refractivity contribution in [2.24, 2.45) is 0 Å². The predicted octanol–water partition coefficient (Wildman–Crippen LogP) is 6.64. The van der Waals surface area contributed by atoms with Crippen molar-refractivity contribution in [3.63, 3.8) is 0 Å². The number of hydrogen-bond donors (Lipinski definition) is 0. The standard InChI is InChI=1S/C27H20ClN3OS2/c28-22-13-11-20(12-14-22)25-21(18-31(29-25)23-9-5-2-6-10-23)17-24-26(32)30(27(33)34-24)16-15-19-7-3-1-4-8-19/h1-14,17-18H,15-16H2/b24-17+. The SMILES string of the molecule is O=C1/C(=C\c2cn(-c3ccccc3)nc2-c2ccc(Cl)cc2)SC(=S)N1CCc1ccccc1. The molecule has 0 saturated carbocycles. The minimum atomic E-state index is -0.0690. The van der Waals surface area contributed by atoms with Gasteiger partial charge in [0.1, 0.15) is 4.32 Å². The summed E-state index contributed by atoms with van der Waals surface area (Å²) in [6, 6.07) is 27.5. The zero-order valence-corrected chi connectivity index (χ0v) is 20.5. The van der Waals surface area contributed by atoms with Gasteiger partial charge < -0.3 is 0 Å². The lowest BCUT2D eigenvalue weighted by Crippen LogP contribution is -2.30. The number of rotatable bonds is 6. The summed E-state index contributed by atoms with van der Waals surface area (Å²) >= 11 is 13.0. The first kappa shape index (κ1) is 22.6. The Morgan fingerprint density at radius 1 is 0.941 bits per heavy atom. The second-order valence-corrected chi connectivity index (χ2v) is 9.90. The van der Waals surface area contributed by atoms with E-state index in [2.05, 4.69) is 12.1 Å². The van der Waals surface area contributed by atoms with E-state index in [1.54, 1.807) is 4.90 Å². The molecule has 0 atom stereocenters. The molecule has 0 spiro atoms. The number of benzene rings is 3. The molecule has 0 radical (unpaired) electrons. The zero-order chi connectivity index (χ0) is 23.5. The van der Waals surface area contributed by atoms with Crippen LogP contribution in [0, 0.1) is 0 Å². The van der Waals surface area contributed by atoms with Gasteiger partial charge in [-0.25, -0.2) is 4.68 Å². The highest BCUT2D eigenvalue weighted by Gasteiger charge is 2.32. The minimum Gasteiger partial charge on any atom is -0.293 e. The summed E-state index contributed by atoms with van der Waals surface area (Å²) in [5.74, 6) is -0.0690. The molecule has 1 aliphatic rings. The number of carbonyl (C=O) groups is 1. The maximum atomic E-state index is 13.2. The molecule has 2 heterocycles. The zero-order valence-electron chi connectivity index (χ0n) is 18.1. The molecule has 168 valence electrons. The van der Waals surface area contributed by atoms with Crippen LogP contribution in [0.25, 0.3) is 23.0 Å². The number of thioether (sulfide) groups is 1. The first-order valence-corrected chi connectivity index (χ1v) is 12.4. The molecule has 1 aliphatic heterocycles. The molecule has 4 aromatic rings. The fourth-order valence-electron chi connectivity index (χ4n) is 3.76. The van der Waals surface area contributed by atoms with Crippen LogP contribution in [0.3, 0.4) is 0 Å². The molecule has 1 fully saturated rings. The fraction of sp³-hybridized carbons (Fsp3) is 0.0741. The highest BCUT2D eigenvalue weighted by atomic mass is 35.5. The predicted molar refractivity (Wildman–Crippen MR) is 144 cm³/mol. The molecule has 1 saturated heterocycles. The number of nitrogens with zero attached hydrogens (tertiary/aromatic N) is 3. The normalized spacial score (nSPS) is 14.9. The Morgan fingerprint density at radius 3 is 2.32 bits per heavy atom. The van der Waals surface area contributed by atoms with Crippen molar-refractivity contribution < 1.29 is 4.79 Å². The Bertz CT molecular complexity index is 1370. The Balaban J connectivity index is 1.47. The lowest BCUT2D eigenvalue weighted by atomic mass is 10.1. The average Bonchev–Trinajstić information content (AvgIpc) is 3.40. The summed E-state index contributed by atoms with van der Waals surface area (Å²) in [6.07, 6.45) is 4.58. The molecule has 7 heteroatoms. The van der Waals surface area contributed by atoms with E-state index in [0.29, 0.717) is 20.8 Å². The summed E-state index contributed by atoms with van der Waals surface area (Å²) in [6.45, 7) is 0.555. The fourth-order valence-corrected chi connectivity index (χ4v) is 5.18. The second-order valence-electron chi connectivity index (χ2n) is 7.79. The van der Waals surface area contributed by atoms with E-state index < -0.39 is 0 Å². The molecule has 3 aromatic carbocycles. The van der Waals surface area contributed by atoms with Crippen molar-refractivity contribution in [2.45, 2.75) is 6.42 Å². The highest BCUT2D eigenvalue weighted by molar-refractivity contribution is 8.26. The van der Waals surface area contributed by atoms with Crippen LogP contribution in [0.5, 0.6) is 0 Å². The van der Waals surface area contributed by atoms with E-state index in [9.17, 15) is 4.79 Å². The number of thiocarbonyl (C=S) groups is 1. The van der Waals surface area contributed by atoms with Gasteiger partial charge in [-0.05, 0) is 42.3 Å². The van der Waals surface area contributed by atoms with E-state index in [-0.39, 0.29) is 5.91 Å². The van der Waals surface area contributed by atoms with Gasteiger partial charge in [-0.1, -0.05) is 96.2 Å². The van der Waals surface area contributed by atoms with Crippen molar-refractivity contribution in [1.82, 2.24) is 14.7 Å². The molecular formula is C27H20ClN3OS2. The second kappa shape index (κ2) is 9.97. The maximum Gasteiger partial charge on any atom is 0.266 e. The first-order chi connectivity index (χ1) is 16.6. The van der Waals surface area contributed by atoms with Crippen molar-refractivity contribution in [3.05, 3.63) is 112 Å². The molecule has 0 bridgehead atoms. The quantitative estimate of drug-likeness (QED) is 0.219. The van der Waals surface area contributed by atoms with E-state index in [0.717, 1.165) is 28.9 Å². The third kappa shape index (κ3) is 4.85. The van der Waals surface area contributed by atoms with E-state index >= 15 is 0 Å². The van der Waals surface area contributed by atoms with Gasteiger partial charge >= 0.3 is 0 Å². The Labute approximate surface area is 212 Å². The van der Waals surface area contributed by atoms with Crippen LogP contribution in [0.2, 0.25) is 5.02 Å². The average molecular weight is 502 g/mol. The summed E-state index contributed by atoms with van der Waals surface area (Å²) in [7, 11) is 0.